The molecule has 102 valence electrons. The Kier molecular flexibility index (Phi) is 3.76. The summed E-state index contributed by atoms with van der Waals surface area (Å²) in [5, 5.41) is 3.67. The highest BCUT2D eigenvalue weighted by Crippen LogP contribution is 2.15. The van der Waals surface area contributed by atoms with E-state index in [0.717, 1.165) is 0 Å². The topological polar surface area (TPSA) is 124 Å². The first-order chi connectivity index (χ1) is 8.99. The predicted octanol–water partition coefficient (Wildman–Crippen LogP) is -0.124. The highest BCUT2D eigenvalue weighted by molar-refractivity contribution is 7.89. The summed E-state index contributed by atoms with van der Waals surface area (Å²) >= 11 is 0. The highest BCUT2D eigenvalue weighted by Gasteiger charge is 2.17. The van der Waals surface area contributed by atoms with Crippen molar-refractivity contribution in [3.8, 4) is 0 Å². The predicted molar refractivity (Wildman–Crippen MR) is 66.6 cm³/mol. The van der Waals surface area contributed by atoms with E-state index in [-0.39, 0.29) is 17.1 Å². The molecule has 0 aliphatic heterocycles. The van der Waals surface area contributed by atoms with Crippen molar-refractivity contribution in [3.05, 3.63) is 30.2 Å². The van der Waals surface area contributed by atoms with Crippen LogP contribution in [-0.2, 0) is 16.4 Å². The zero-order valence-corrected chi connectivity index (χ0v) is 11.0. The van der Waals surface area contributed by atoms with Crippen LogP contribution < -0.4 is 10.5 Å². The quantitative estimate of drug-likeness (QED) is 0.783. The number of sulfonamides is 1. The lowest BCUT2D eigenvalue weighted by Gasteiger charge is -2.07. The van der Waals surface area contributed by atoms with Crippen LogP contribution in [0.25, 0.3) is 0 Å². The Bertz CT molecular complexity index is 667. The van der Waals surface area contributed by atoms with Gasteiger partial charge in [-0.2, -0.15) is 4.98 Å². The number of hydrogen-bond acceptors (Lipinski definition) is 7. The Labute approximate surface area is 110 Å². The zero-order valence-electron chi connectivity index (χ0n) is 10.2. The first-order valence-electron chi connectivity index (χ1n) is 5.47. The van der Waals surface area contributed by atoms with Crippen LogP contribution in [-0.4, -0.2) is 30.1 Å². The molecule has 0 aliphatic carbocycles. The summed E-state index contributed by atoms with van der Waals surface area (Å²) in [5.41, 5.74) is 5.74. The SMILES string of the molecule is Cc1nc(CCNS(=O)(=O)c2cnccc2N)no1. The van der Waals surface area contributed by atoms with Crippen molar-refractivity contribution in [2.24, 2.45) is 0 Å². The number of rotatable bonds is 5. The molecule has 2 heterocycles. The number of pyridine rings is 1. The Morgan fingerprint density at radius 1 is 1.47 bits per heavy atom. The van der Waals surface area contributed by atoms with Gasteiger partial charge >= 0.3 is 0 Å². The summed E-state index contributed by atoms with van der Waals surface area (Å²) in [5.74, 6) is 0.883. The van der Waals surface area contributed by atoms with Crippen molar-refractivity contribution in [2.75, 3.05) is 12.3 Å². The largest absolute Gasteiger partial charge is 0.398 e. The molecule has 8 nitrogen and oxygen atoms in total. The van der Waals surface area contributed by atoms with E-state index in [4.69, 9.17) is 10.3 Å². The van der Waals surface area contributed by atoms with Gasteiger partial charge in [-0.05, 0) is 6.07 Å². The summed E-state index contributed by atoms with van der Waals surface area (Å²) in [4.78, 5) is 7.67. The average molecular weight is 283 g/mol. The van der Waals surface area contributed by atoms with Crippen LogP contribution in [0.15, 0.2) is 27.9 Å². The second kappa shape index (κ2) is 5.33. The number of hydrogen-bond donors (Lipinski definition) is 2. The van der Waals surface area contributed by atoms with Gasteiger partial charge in [0.05, 0.1) is 5.69 Å². The van der Waals surface area contributed by atoms with Crippen molar-refractivity contribution in [1.82, 2.24) is 19.8 Å². The maximum atomic E-state index is 12.0. The number of nitrogens with two attached hydrogens (primary N) is 1. The van der Waals surface area contributed by atoms with Gasteiger partial charge in [0, 0.05) is 32.3 Å². The van der Waals surface area contributed by atoms with Gasteiger partial charge in [0.25, 0.3) is 0 Å². The molecule has 0 unspecified atom stereocenters. The van der Waals surface area contributed by atoms with Crippen LogP contribution in [0, 0.1) is 6.92 Å². The third-order valence-electron chi connectivity index (χ3n) is 2.32. The normalized spacial score (nSPS) is 11.6. The first-order valence-corrected chi connectivity index (χ1v) is 6.96. The fourth-order valence-corrected chi connectivity index (χ4v) is 2.54. The Morgan fingerprint density at radius 2 is 2.26 bits per heavy atom. The molecule has 0 fully saturated rings. The maximum absolute atomic E-state index is 12.0. The molecule has 0 aromatic carbocycles. The molecule has 2 aromatic rings. The molecule has 3 N–H and O–H groups in total. The number of nitrogen functional groups attached to an aromatic ring is 1. The van der Waals surface area contributed by atoms with Crippen molar-refractivity contribution < 1.29 is 12.9 Å². The number of nitrogens with zero attached hydrogens (tertiary/aromatic N) is 3. The molecule has 2 rings (SSSR count). The van der Waals surface area contributed by atoms with E-state index in [1.165, 1.54) is 18.5 Å². The van der Waals surface area contributed by atoms with Gasteiger partial charge < -0.3 is 10.3 Å². The molecule has 19 heavy (non-hydrogen) atoms. The van der Waals surface area contributed by atoms with Gasteiger partial charge in [-0.25, -0.2) is 13.1 Å². The van der Waals surface area contributed by atoms with Crippen molar-refractivity contribution in [3.63, 3.8) is 0 Å². The van der Waals surface area contributed by atoms with E-state index in [0.29, 0.717) is 18.1 Å². The molecule has 0 radical (unpaired) electrons. The van der Waals surface area contributed by atoms with Gasteiger partial charge in [0.2, 0.25) is 15.9 Å². The Hall–Kier alpha value is -2.00. The van der Waals surface area contributed by atoms with Crippen LogP contribution in [0.5, 0.6) is 0 Å². The van der Waals surface area contributed by atoms with E-state index < -0.39 is 10.0 Å². The molecule has 0 spiro atoms. The minimum absolute atomic E-state index is 0.0423. The summed E-state index contributed by atoms with van der Waals surface area (Å²) < 4.78 is 31.1. The van der Waals surface area contributed by atoms with E-state index in [1.807, 2.05) is 0 Å². The molecule has 0 saturated heterocycles. The van der Waals surface area contributed by atoms with Gasteiger partial charge in [-0.1, -0.05) is 5.16 Å². The third kappa shape index (κ3) is 3.26. The molecule has 0 saturated carbocycles. The van der Waals surface area contributed by atoms with Crippen LogP contribution in [0.4, 0.5) is 5.69 Å². The highest BCUT2D eigenvalue weighted by atomic mass is 32.2. The van der Waals surface area contributed by atoms with Gasteiger partial charge in [0.1, 0.15) is 4.90 Å². The minimum atomic E-state index is -3.68. The number of aryl methyl sites for hydroxylation is 1. The first kappa shape index (κ1) is 13.4. The summed E-state index contributed by atoms with van der Waals surface area (Å²) in [6, 6.07) is 1.43. The van der Waals surface area contributed by atoms with Crippen LogP contribution in [0.2, 0.25) is 0 Å². The van der Waals surface area contributed by atoms with Gasteiger partial charge in [-0.3, -0.25) is 4.98 Å². The lowest BCUT2D eigenvalue weighted by atomic mass is 10.4. The van der Waals surface area contributed by atoms with E-state index in [9.17, 15) is 8.42 Å². The Balaban J connectivity index is 2.01. The van der Waals surface area contributed by atoms with Crippen molar-refractivity contribution in [2.45, 2.75) is 18.2 Å². The number of aromatic nitrogens is 3. The Morgan fingerprint density at radius 3 is 2.89 bits per heavy atom. The second-order valence-electron chi connectivity index (χ2n) is 3.79. The van der Waals surface area contributed by atoms with Crippen LogP contribution in [0.1, 0.15) is 11.7 Å². The lowest BCUT2D eigenvalue weighted by molar-refractivity contribution is 0.387. The third-order valence-corrected chi connectivity index (χ3v) is 3.82. The molecule has 0 amide bonds. The van der Waals surface area contributed by atoms with E-state index in [1.54, 1.807) is 6.92 Å². The summed E-state index contributed by atoms with van der Waals surface area (Å²) in [6.45, 7) is 1.81. The molecular formula is C10H13N5O3S. The fourth-order valence-electron chi connectivity index (χ4n) is 1.43. The van der Waals surface area contributed by atoms with Crippen LogP contribution >= 0.6 is 0 Å². The van der Waals surface area contributed by atoms with Crippen molar-refractivity contribution >= 4 is 15.7 Å². The molecular weight excluding hydrogens is 270 g/mol. The minimum Gasteiger partial charge on any atom is -0.398 e. The number of anilines is 1. The van der Waals surface area contributed by atoms with Gasteiger partial charge in [-0.15, -0.1) is 0 Å². The molecule has 2 aromatic heterocycles. The molecule has 9 heteroatoms. The van der Waals surface area contributed by atoms with Gasteiger partial charge in [0.15, 0.2) is 5.82 Å². The van der Waals surface area contributed by atoms with E-state index in [2.05, 4.69) is 19.8 Å². The van der Waals surface area contributed by atoms with Crippen molar-refractivity contribution in [1.29, 1.82) is 0 Å². The number of nitrogens with one attached hydrogen (secondary N) is 1. The molecule has 0 aliphatic rings. The maximum Gasteiger partial charge on any atom is 0.244 e. The standard InChI is InChI=1S/C10H13N5O3S/c1-7-14-10(15-18-7)3-5-13-19(16,17)9-6-12-4-2-8(9)11/h2,4,6,13H,3,5H2,1H3,(H2,11,12). The van der Waals surface area contributed by atoms with E-state index >= 15 is 0 Å². The lowest BCUT2D eigenvalue weighted by Crippen LogP contribution is -2.27. The second-order valence-corrected chi connectivity index (χ2v) is 5.53. The smallest absolute Gasteiger partial charge is 0.244 e. The van der Waals surface area contributed by atoms with Crippen LogP contribution in [0.3, 0.4) is 0 Å². The zero-order chi connectivity index (χ0) is 13.9. The summed E-state index contributed by atoms with van der Waals surface area (Å²) in [6.07, 6.45) is 2.96. The fraction of sp³-hybridized carbons (Fsp3) is 0.300. The average Bonchev–Trinajstić information content (AvgIpc) is 2.75. The molecule has 0 bridgehead atoms. The monoisotopic (exact) mass is 283 g/mol. The molecule has 0 atom stereocenters. The summed E-state index contributed by atoms with van der Waals surface area (Å²) in [7, 11) is -3.68.